The lowest BCUT2D eigenvalue weighted by Gasteiger charge is -2.11. The molecule has 1 aromatic carbocycles. The van der Waals surface area contributed by atoms with Crippen molar-refractivity contribution in [3.63, 3.8) is 0 Å². The van der Waals surface area contributed by atoms with Gasteiger partial charge in [-0.3, -0.25) is 14.4 Å². The van der Waals surface area contributed by atoms with E-state index >= 15 is 0 Å². The molecule has 1 aromatic heterocycles. The zero-order valence-electron chi connectivity index (χ0n) is 15.9. The highest BCUT2D eigenvalue weighted by molar-refractivity contribution is 5.96. The van der Waals surface area contributed by atoms with Crippen LogP contribution in [-0.2, 0) is 20.7 Å². The first-order valence-electron chi connectivity index (χ1n) is 8.47. The van der Waals surface area contributed by atoms with E-state index in [0.717, 1.165) is 11.3 Å². The number of ether oxygens (including phenoxy) is 1. The molecule has 0 aliphatic rings. The molecule has 0 bridgehead atoms. The number of carbonyl (C=O) groups is 3. The third-order valence-corrected chi connectivity index (χ3v) is 3.95. The second-order valence-corrected chi connectivity index (χ2v) is 6.29. The van der Waals surface area contributed by atoms with Crippen LogP contribution in [0.4, 0.5) is 5.69 Å². The predicted molar refractivity (Wildman–Crippen MR) is 98.3 cm³/mol. The van der Waals surface area contributed by atoms with E-state index in [9.17, 15) is 14.4 Å². The van der Waals surface area contributed by atoms with Gasteiger partial charge in [0, 0.05) is 37.3 Å². The van der Waals surface area contributed by atoms with E-state index < -0.39 is 11.9 Å². The van der Waals surface area contributed by atoms with E-state index in [-0.39, 0.29) is 18.9 Å². The summed E-state index contributed by atoms with van der Waals surface area (Å²) in [7, 11) is 3.33. The van der Waals surface area contributed by atoms with Crippen LogP contribution in [-0.4, -0.2) is 48.5 Å². The summed E-state index contributed by atoms with van der Waals surface area (Å²) in [4.78, 5) is 37.0. The summed E-state index contributed by atoms with van der Waals surface area (Å²) in [5.41, 5.74) is 2.66. The van der Waals surface area contributed by atoms with Crippen LogP contribution in [0, 0.1) is 13.8 Å². The maximum atomic E-state index is 11.9. The van der Waals surface area contributed by atoms with E-state index in [1.165, 1.54) is 4.90 Å². The number of hydrogen-bond acceptors (Lipinski definition) is 6. The van der Waals surface area contributed by atoms with Crippen LogP contribution >= 0.6 is 0 Å². The molecule has 27 heavy (non-hydrogen) atoms. The average molecular weight is 373 g/mol. The average Bonchev–Trinajstić information content (AvgIpc) is 2.96. The lowest BCUT2D eigenvalue weighted by atomic mass is 10.1. The zero-order valence-corrected chi connectivity index (χ0v) is 15.9. The molecule has 0 aliphatic heterocycles. The highest BCUT2D eigenvalue weighted by Gasteiger charge is 2.13. The van der Waals surface area contributed by atoms with Gasteiger partial charge in [0.05, 0.1) is 5.69 Å². The minimum atomic E-state index is -0.475. The number of anilines is 1. The lowest BCUT2D eigenvalue weighted by Crippen LogP contribution is -2.22. The third kappa shape index (κ3) is 5.67. The number of rotatable bonds is 7. The number of aryl methyl sites for hydroxylation is 2. The number of hydrogen-bond donors (Lipinski definition) is 1. The van der Waals surface area contributed by atoms with E-state index in [1.54, 1.807) is 45.3 Å². The molecule has 0 aliphatic carbocycles. The van der Waals surface area contributed by atoms with Gasteiger partial charge in [-0.1, -0.05) is 5.16 Å². The SMILES string of the molecule is Cc1noc(C)c1CCC(=O)OCC(=O)Nc1ccc(C(=O)N(C)C)cc1. The summed E-state index contributed by atoms with van der Waals surface area (Å²) in [5.74, 6) is -0.376. The fraction of sp³-hybridized carbons (Fsp3) is 0.368. The largest absolute Gasteiger partial charge is 0.456 e. The standard InChI is InChI=1S/C19H23N3O5/c1-12-16(13(2)27-21-12)9-10-18(24)26-11-17(23)20-15-7-5-14(6-8-15)19(25)22(3)4/h5-8H,9-11H2,1-4H3,(H,20,23). The Morgan fingerprint density at radius 3 is 2.37 bits per heavy atom. The number of benzene rings is 1. The van der Waals surface area contributed by atoms with Crippen molar-refractivity contribution in [3.05, 3.63) is 46.8 Å². The molecule has 0 saturated carbocycles. The Morgan fingerprint density at radius 1 is 1.15 bits per heavy atom. The first kappa shape index (κ1) is 20.2. The van der Waals surface area contributed by atoms with Crippen molar-refractivity contribution in [2.75, 3.05) is 26.0 Å². The zero-order chi connectivity index (χ0) is 20.0. The quantitative estimate of drug-likeness (QED) is 0.746. The normalized spacial score (nSPS) is 10.4. The van der Waals surface area contributed by atoms with Gasteiger partial charge in [0.1, 0.15) is 5.76 Å². The third-order valence-electron chi connectivity index (χ3n) is 3.95. The molecule has 0 radical (unpaired) electrons. The molecule has 144 valence electrons. The van der Waals surface area contributed by atoms with Crippen molar-refractivity contribution in [2.24, 2.45) is 0 Å². The molecular weight excluding hydrogens is 350 g/mol. The second-order valence-electron chi connectivity index (χ2n) is 6.29. The molecule has 8 nitrogen and oxygen atoms in total. The Hall–Kier alpha value is -3.16. The van der Waals surface area contributed by atoms with E-state index in [4.69, 9.17) is 9.26 Å². The van der Waals surface area contributed by atoms with Crippen LogP contribution < -0.4 is 5.32 Å². The van der Waals surface area contributed by atoms with Crippen LogP contribution in [0.5, 0.6) is 0 Å². The van der Waals surface area contributed by atoms with Gasteiger partial charge in [-0.05, 0) is 44.5 Å². The van der Waals surface area contributed by atoms with Crippen molar-refractivity contribution in [2.45, 2.75) is 26.7 Å². The predicted octanol–water partition coefficient (Wildman–Crippen LogP) is 2.11. The molecule has 0 saturated heterocycles. The lowest BCUT2D eigenvalue weighted by molar-refractivity contribution is -0.147. The maximum Gasteiger partial charge on any atom is 0.306 e. The van der Waals surface area contributed by atoms with Crippen molar-refractivity contribution in [1.82, 2.24) is 10.1 Å². The van der Waals surface area contributed by atoms with Gasteiger partial charge in [-0.25, -0.2) is 0 Å². The molecule has 1 heterocycles. The Morgan fingerprint density at radius 2 is 1.81 bits per heavy atom. The van der Waals surface area contributed by atoms with Gasteiger partial charge < -0.3 is 19.5 Å². The molecule has 8 heteroatoms. The van der Waals surface area contributed by atoms with E-state index in [1.807, 2.05) is 6.92 Å². The molecule has 0 unspecified atom stereocenters. The Bertz CT molecular complexity index is 805. The number of aromatic nitrogens is 1. The molecule has 0 spiro atoms. The van der Waals surface area contributed by atoms with E-state index in [0.29, 0.717) is 23.4 Å². The highest BCUT2D eigenvalue weighted by Crippen LogP contribution is 2.14. The topological polar surface area (TPSA) is 102 Å². The van der Waals surface area contributed by atoms with Gasteiger partial charge in [0.2, 0.25) is 0 Å². The van der Waals surface area contributed by atoms with Crippen LogP contribution in [0.1, 0.15) is 33.8 Å². The fourth-order valence-corrected chi connectivity index (χ4v) is 2.46. The minimum absolute atomic E-state index is 0.125. The molecule has 2 aromatic rings. The van der Waals surface area contributed by atoms with Crippen molar-refractivity contribution in [1.29, 1.82) is 0 Å². The number of esters is 1. The molecule has 1 N–H and O–H groups in total. The van der Waals surface area contributed by atoms with Crippen molar-refractivity contribution < 1.29 is 23.6 Å². The number of nitrogens with one attached hydrogen (secondary N) is 1. The molecule has 0 fully saturated rings. The summed E-state index contributed by atoms with van der Waals surface area (Å²) >= 11 is 0. The molecular formula is C19H23N3O5. The van der Waals surface area contributed by atoms with Gasteiger partial charge >= 0.3 is 5.97 Å². The minimum Gasteiger partial charge on any atom is -0.456 e. The Labute approximate surface area is 157 Å². The summed E-state index contributed by atoms with van der Waals surface area (Å²) in [6.07, 6.45) is 0.584. The fourth-order valence-electron chi connectivity index (χ4n) is 2.46. The van der Waals surface area contributed by atoms with E-state index in [2.05, 4.69) is 10.5 Å². The number of carbonyl (C=O) groups excluding carboxylic acids is 3. The smallest absolute Gasteiger partial charge is 0.306 e. The van der Waals surface area contributed by atoms with Gasteiger partial charge in [-0.15, -0.1) is 0 Å². The van der Waals surface area contributed by atoms with Gasteiger partial charge in [0.15, 0.2) is 6.61 Å². The van der Waals surface area contributed by atoms with Crippen molar-refractivity contribution >= 4 is 23.5 Å². The number of nitrogens with zero attached hydrogens (tertiary/aromatic N) is 2. The van der Waals surface area contributed by atoms with Crippen LogP contribution in [0.25, 0.3) is 0 Å². The summed E-state index contributed by atoms with van der Waals surface area (Å²) in [6.45, 7) is 3.21. The van der Waals surface area contributed by atoms with Crippen LogP contribution in [0.2, 0.25) is 0 Å². The molecule has 0 atom stereocenters. The number of amides is 2. The van der Waals surface area contributed by atoms with Gasteiger partial charge in [-0.2, -0.15) is 0 Å². The molecule has 2 rings (SSSR count). The molecule has 2 amide bonds. The van der Waals surface area contributed by atoms with Crippen LogP contribution in [0.3, 0.4) is 0 Å². The Kier molecular flexibility index (Phi) is 6.70. The summed E-state index contributed by atoms with van der Waals surface area (Å²) < 4.78 is 10.0. The second kappa shape index (κ2) is 8.98. The monoisotopic (exact) mass is 373 g/mol. The van der Waals surface area contributed by atoms with Crippen molar-refractivity contribution in [3.8, 4) is 0 Å². The van der Waals surface area contributed by atoms with Gasteiger partial charge in [0.25, 0.3) is 11.8 Å². The maximum absolute atomic E-state index is 11.9. The summed E-state index contributed by atoms with van der Waals surface area (Å²) in [5, 5.41) is 6.44. The summed E-state index contributed by atoms with van der Waals surface area (Å²) in [6, 6.07) is 6.48. The van der Waals surface area contributed by atoms with Crippen LogP contribution in [0.15, 0.2) is 28.8 Å². The first-order valence-corrected chi connectivity index (χ1v) is 8.47. The first-order chi connectivity index (χ1) is 12.8. The Balaban J connectivity index is 1.77. The highest BCUT2D eigenvalue weighted by atomic mass is 16.5.